The zero-order valence-corrected chi connectivity index (χ0v) is 18.7. The maximum Gasteiger partial charge on any atom is 0.488 e. The first-order valence-corrected chi connectivity index (χ1v) is 11.5. The van der Waals surface area contributed by atoms with Crippen molar-refractivity contribution in [3.05, 3.63) is 84.9 Å². The highest BCUT2D eigenvalue weighted by molar-refractivity contribution is 6.80. The molecular formula is C24H28BO4Si. The van der Waals surface area contributed by atoms with Crippen LogP contribution in [0.4, 0.5) is 0 Å². The van der Waals surface area contributed by atoms with Crippen LogP contribution in [0, 0.1) is 5.41 Å². The van der Waals surface area contributed by atoms with Crippen molar-refractivity contribution in [2.24, 2.45) is 5.41 Å². The Morgan fingerprint density at radius 3 is 1.90 bits per heavy atom. The molecule has 0 amide bonds. The highest BCUT2D eigenvalue weighted by Gasteiger charge is 2.28. The van der Waals surface area contributed by atoms with Crippen LogP contribution >= 0.6 is 0 Å². The van der Waals surface area contributed by atoms with Crippen molar-refractivity contribution >= 4 is 32.0 Å². The van der Waals surface area contributed by atoms with Crippen LogP contribution in [0.5, 0.6) is 5.75 Å². The van der Waals surface area contributed by atoms with Gasteiger partial charge >= 0.3 is 7.12 Å². The van der Waals surface area contributed by atoms with Gasteiger partial charge in [-0.3, -0.25) is 0 Å². The molecule has 1 unspecified atom stereocenters. The molecule has 30 heavy (non-hydrogen) atoms. The quantitative estimate of drug-likeness (QED) is 0.435. The molecule has 0 fully saturated rings. The molecule has 0 saturated carbocycles. The van der Waals surface area contributed by atoms with Gasteiger partial charge in [-0.05, 0) is 33.4 Å². The van der Waals surface area contributed by atoms with E-state index < -0.39 is 22.4 Å². The van der Waals surface area contributed by atoms with Crippen LogP contribution in [0.3, 0.4) is 0 Å². The average Bonchev–Trinajstić information content (AvgIpc) is 2.72. The fraction of sp³-hybridized carbons (Fsp3) is 0.250. The van der Waals surface area contributed by atoms with E-state index in [4.69, 9.17) is 9.16 Å². The molecule has 1 radical (unpaired) electrons. The lowest BCUT2D eigenvalue weighted by molar-refractivity contribution is -0.0227. The van der Waals surface area contributed by atoms with Crippen LogP contribution in [0.2, 0.25) is 0 Å². The van der Waals surface area contributed by atoms with Gasteiger partial charge in [-0.15, -0.1) is 0 Å². The summed E-state index contributed by atoms with van der Waals surface area (Å²) in [6.07, 6.45) is 0.206. The molecule has 0 heterocycles. The smallest absolute Gasteiger partial charge is 0.466 e. The van der Waals surface area contributed by atoms with E-state index in [1.54, 1.807) is 18.2 Å². The predicted molar refractivity (Wildman–Crippen MR) is 124 cm³/mol. The molecule has 0 aliphatic heterocycles. The van der Waals surface area contributed by atoms with E-state index in [9.17, 15) is 10.0 Å². The Labute approximate surface area is 181 Å². The lowest BCUT2D eigenvalue weighted by Gasteiger charge is -2.30. The lowest BCUT2D eigenvalue weighted by atomic mass is 9.80. The highest BCUT2D eigenvalue weighted by atomic mass is 28.3. The normalized spacial score (nSPS) is 12.6. The van der Waals surface area contributed by atoms with Gasteiger partial charge in [0, 0.05) is 6.42 Å². The molecular weight excluding hydrogens is 391 g/mol. The van der Waals surface area contributed by atoms with Gasteiger partial charge in [-0.25, -0.2) is 0 Å². The van der Waals surface area contributed by atoms with Crippen LogP contribution in [0.15, 0.2) is 84.9 Å². The summed E-state index contributed by atoms with van der Waals surface area (Å²) in [7, 11) is -3.08. The minimum absolute atomic E-state index is 0.0148. The summed E-state index contributed by atoms with van der Waals surface area (Å²) in [5, 5.41) is 21.3. The Morgan fingerprint density at radius 1 is 0.833 bits per heavy atom. The summed E-state index contributed by atoms with van der Waals surface area (Å²) in [5.41, 5.74) is 0.373. The van der Waals surface area contributed by atoms with Gasteiger partial charge in [0.15, 0.2) is 6.29 Å². The third-order valence-electron chi connectivity index (χ3n) is 4.52. The summed E-state index contributed by atoms with van der Waals surface area (Å²) in [6, 6.07) is 27.3. The fourth-order valence-corrected chi connectivity index (χ4v) is 5.11. The summed E-state index contributed by atoms with van der Waals surface area (Å²) >= 11 is 0. The summed E-state index contributed by atoms with van der Waals surface area (Å²) in [5.74, 6) is 0.553. The number of rotatable bonds is 8. The van der Waals surface area contributed by atoms with Gasteiger partial charge < -0.3 is 19.2 Å². The van der Waals surface area contributed by atoms with Crippen LogP contribution in [-0.2, 0) is 4.43 Å². The van der Waals surface area contributed by atoms with Crippen LogP contribution in [0.25, 0.3) is 0 Å². The first kappa shape index (κ1) is 22.3. The minimum Gasteiger partial charge on any atom is -0.466 e. The molecule has 0 aliphatic rings. The van der Waals surface area contributed by atoms with Crippen LogP contribution in [0.1, 0.15) is 27.2 Å². The maximum atomic E-state index is 9.49. The van der Waals surface area contributed by atoms with E-state index in [1.165, 1.54) is 0 Å². The van der Waals surface area contributed by atoms with Gasteiger partial charge in [0.05, 0.1) is 0 Å². The van der Waals surface area contributed by atoms with Crippen molar-refractivity contribution < 1.29 is 19.2 Å². The number of benzene rings is 3. The number of ether oxygens (including phenoxy) is 1. The van der Waals surface area contributed by atoms with Crippen molar-refractivity contribution in [3.8, 4) is 5.75 Å². The summed E-state index contributed by atoms with van der Waals surface area (Å²) in [4.78, 5) is 0. The van der Waals surface area contributed by atoms with Crippen molar-refractivity contribution in [3.63, 3.8) is 0 Å². The molecule has 3 rings (SSSR count). The highest BCUT2D eigenvalue weighted by Crippen LogP contribution is 2.25. The zero-order valence-electron chi connectivity index (χ0n) is 17.7. The second-order valence-corrected chi connectivity index (χ2v) is 10.5. The summed E-state index contributed by atoms with van der Waals surface area (Å²) in [6.45, 7) is 6.45. The first-order valence-electron chi connectivity index (χ1n) is 10.1. The van der Waals surface area contributed by atoms with Gasteiger partial charge in [-0.1, -0.05) is 93.6 Å². The molecule has 6 heteroatoms. The molecule has 4 nitrogen and oxygen atoms in total. The Bertz CT molecular complexity index is 874. The standard InChI is InChI=1S/C24H28BO4Si/c1-24(2,3)18-23(28-20-12-10-11-19(17-20)25(26)27)29-30(21-13-6-4-7-14-21)22-15-8-5-9-16-22/h4-17,23,26-27H,18H2,1-3H3. The molecule has 3 aromatic carbocycles. The maximum absolute atomic E-state index is 9.49. The van der Waals surface area contributed by atoms with Crippen molar-refractivity contribution in [2.75, 3.05) is 0 Å². The van der Waals surface area contributed by atoms with E-state index >= 15 is 0 Å². The second kappa shape index (κ2) is 10.1. The SMILES string of the molecule is CC(C)(C)CC(Oc1cccc(B(O)O)c1)O[Si](c1ccccc1)c1ccccc1. The third-order valence-corrected chi connectivity index (χ3v) is 6.74. The predicted octanol–water partition coefficient (Wildman–Crippen LogP) is 2.33. The van der Waals surface area contributed by atoms with Gasteiger partial charge in [0.1, 0.15) is 5.75 Å². The second-order valence-electron chi connectivity index (χ2n) is 8.44. The van der Waals surface area contributed by atoms with Crippen molar-refractivity contribution in [1.82, 2.24) is 0 Å². The van der Waals surface area contributed by atoms with Gasteiger partial charge in [-0.2, -0.15) is 0 Å². The summed E-state index contributed by atoms with van der Waals surface area (Å²) < 4.78 is 12.9. The molecule has 0 bridgehead atoms. The Balaban J connectivity index is 1.91. The molecule has 0 spiro atoms. The monoisotopic (exact) mass is 419 g/mol. The van der Waals surface area contributed by atoms with Crippen molar-refractivity contribution in [2.45, 2.75) is 33.5 Å². The fourth-order valence-electron chi connectivity index (χ4n) is 3.12. The molecule has 0 saturated heterocycles. The van der Waals surface area contributed by atoms with Crippen LogP contribution < -0.4 is 20.6 Å². The van der Waals surface area contributed by atoms with E-state index in [1.807, 2.05) is 42.5 Å². The van der Waals surface area contributed by atoms with E-state index in [2.05, 4.69) is 45.0 Å². The van der Waals surface area contributed by atoms with Gasteiger partial charge in [0.2, 0.25) is 0 Å². The molecule has 1 atom stereocenters. The molecule has 2 N–H and O–H groups in total. The number of hydrogen-bond acceptors (Lipinski definition) is 4. The Kier molecular flexibility index (Phi) is 7.50. The van der Waals surface area contributed by atoms with E-state index in [-0.39, 0.29) is 5.41 Å². The van der Waals surface area contributed by atoms with E-state index in [0.29, 0.717) is 17.6 Å². The molecule has 0 aromatic heterocycles. The average molecular weight is 419 g/mol. The minimum atomic E-state index is -1.54. The number of hydrogen-bond donors (Lipinski definition) is 2. The van der Waals surface area contributed by atoms with Gasteiger partial charge in [0.25, 0.3) is 9.04 Å². The topological polar surface area (TPSA) is 58.9 Å². The first-order chi connectivity index (χ1) is 14.3. The van der Waals surface area contributed by atoms with E-state index in [0.717, 1.165) is 10.4 Å². The Hall–Kier alpha value is -2.38. The third kappa shape index (κ3) is 6.57. The van der Waals surface area contributed by atoms with Crippen LogP contribution in [-0.4, -0.2) is 32.5 Å². The largest absolute Gasteiger partial charge is 0.488 e. The lowest BCUT2D eigenvalue weighted by Crippen LogP contribution is -2.49. The molecule has 0 aliphatic carbocycles. The molecule has 155 valence electrons. The molecule has 3 aromatic rings. The Morgan fingerprint density at radius 2 is 1.40 bits per heavy atom. The zero-order chi connectivity index (χ0) is 21.6. The van der Waals surface area contributed by atoms with Crippen molar-refractivity contribution in [1.29, 1.82) is 0 Å².